The van der Waals surface area contributed by atoms with Crippen LogP contribution in [0.1, 0.15) is 11.6 Å². The van der Waals surface area contributed by atoms with E-state index in [0.717, 1.165) is 22.1 Å². The van der Waals surface area contributed by atoms with E-state index in [1.54, 1.807) is 12.1 Å². The molecular weight excluding hydrogens is 346 g/mol. The lowest BCUT2D eigenvalue weighted by Crippen LogP contribution is -2.43. The van der Waals surface area contributed by atoms with Crippen molar-refractivity contribution in [3.05, 3.63) is 64.2 Å². The summed E-state index contributed by atoms with van der Waals surface area (Å²) in [5, 5.41) is 24.1. The van der Waals surface area contributed by atoms with Crippen molar-refractivity contribution in [3.8, 4) is 0 Å². The minimum atomic E-state index is -3.93. The van der Waals surface area contributed by atoms with E-state index in [1.807, 2.05) is 12.1 Å². The summed E-state index contributed by atoms with van der Waals surface area (Å²) < 4.78 is 26.9. The molecule has 0 saturated heterocycles. The Morgan fingerprint density at radius 3 is 2.48 bits per heavy atom. The number of nitrogens with zero attached hydrogens (tertiary/aromatic N) is 2. The fraction of sp³-hybridized carbons (Fsp3) is 0.250. The van der Waals surface area contributed by atoms with Crippen LogP contribution in [0.3, 0.4) is 0 Å². The summed E-state index contributed by atoms with van der Waals surface area (Å²) in [5.41, 5.74) is 1.26. The van der Waals surface area contributed by atoms with Crippen LogP contribution in [0.4, 0.5) is 11.4 Å². The van der Waals surface area contributed by atoms with E-state index in [9.17, 15) is 23.6 Å². The molecule has 0 aliphatic carbocycles. The molecule has 0 unspecified atom stereocenters. The van der Waals surface area contributed by atoms with Crippen LogP contribution in [0.15, 0.2) is 53.4 Å². The SMILES string of the molecule is CN([C@H]1c2ccccc2NC[C@@H]1O)S(=O)(=O)c1ccc([N+](=O)[O-])cc1. The van der Waals surface area contributed by atoms with Gasteiger partial charge in [0.25, 0.3) is 5.69 Å². The fourth-order valence-electron chi connectivity index (χ4n) is 2.94. The molecule has 1 aliphatic heterocycles. The number of anilines is 1. The van der Waals surface area contributed by atoms with E-state index >= 15 is 0 Å². The Labute approximate surface area is 144 Å². The summed E-state index contributed by atoms with van der Waals surface area (Å²) >= 11 is 0. The maximum Gasteiger partial charge on any atom is 0.269 e. The molecule has 3 rings (SSSR count). The molecule has 0 fully saturated rings. The largest absolute Gasteiger partial charge is 0.389 e. The van der Waals surface area contributed by atoms with Crippen LogP contribution in [0.2, 0.25) is 0 Å². The molecule has 0 spiro atoms. The molecule has 132 valence electrons. The first-order valence-electron chi connectivity index (χ1n) is 7.55. The summed E-state index contributed by atoms with van der Waals surface area (Å²) in [6.45, 7) is 0.224. The van der Waals surface area contributed by atoms with E-state index in [4.69, 9.17) is 0 Å². The van der Waals surface area contributed by atoms with Gasteiger partial charge in [-0.1, -0.05) is 18.2 Å². The Bertz CT molecular complexity index is 898. The predicted octanol–water partition coefficient (Wildman–Crippen LogP) is 1.74. The van der Waals surface area contributed by atoms with Crippen LogP contribution in [0.5, 0.6) is 0 Å². The molecule has 8 nitrogen and oxygen atoms in total. The first kappa shape index (κ1) is 17.3. The highest BCUT2D eigenvalue weighted by Gasteiger charge is 2.37. The Kier molecular flexibility index (Phi) is 4.46. The van der Waals surface area contributed by atoms with Crippen molar-refractivity contribution in [2.45, 2.75) is 17.0 Å². The summed E-state index contributed by atoms with van der Waals surface area (Å²) in [5.74, 6) is 0. The topological polar surface area (TPSA) is 113 Å². The van der Waals surface area contributed by atoms with Crippen LogP contribution in [-0.2, 0) is 10.0 Å². The first-order chi connectivity index (χ1) is 11.8. The van der Waals surface area contributed by atoms with Gasteiger partial charge in [-0.05, 0) is 23.8 Å². The molecule has 2 N–H and O–H groups in total. The highest BCUT2D eigenvalue weighted by atomic mass is 32.2. The Morgan fingerprint density at radius 2 is 1.84 bits per heavy atom. The summed E-state index contributed by atoms with van der Waals surface area (Å²) in [6, 6.07) is 11.1. The average Bonchev–Trinajstić information content (AvgIpc) is 2.61. The van der Waals surface area contributed by atoms with E-state index in [-0.39, 0.29) is 17.1 Å². The molecule has 0 radical (unpaired) electrons. The number of non-ortho nitro benzene ring substituents is 1. The quantitative estimate of drug-likeness (QED) is 0.632. The number of benzene rings is 2. The van der Waals surface area contributed by atoms with Gasteiger partial charge < -0.3 is 10.4 Å². The minimum absolute atomic E-state index is 0.0659. The number of hydrogen-bond acceptors (Lipinski definition) is 6. The standard InChI is InChI=1S/C16H17N3O5S/c1-18(16-13-4-2-3-5-14(13)17-10-15(16)20)25(23,24)12-8-6-11(7-9-12)19(21)22/h2-9,15-17,20H,10H2,1H3/t15-,16-/m0/s1. The Morgan fingerprint density at radius 1 is 1.20 bits per heavy atom. The molecule has 25 heavy (non-hydrogen) atoms. The number of fused-ring (bicyclic) bond motifs is 1. The molecule has 0 bridgehead atoms. The molecular formula is C16H17N3O5S. The maximum atomic E-state index is 12.9. The summed E-state index contributed by atoms with van der Waals surface area (Å²) in [4.78, 5) is 10.1. The van der Waals surface area contributed by atoms with Crippen molar-refractivity contribution >= 4 is 21.4 Å². The number of nitrogens with one attached hydrogen (secondary N) is 1. The lowest BCUT2D eigenvalue weighted by Gasteiger charge is -2.36. The first-order valence-corrected chi connectivity index (χ1v) is 8.99. The van der Waals surface area contributed by atoms with Crippen molar-refractivity contribution in [1.29, 1.82) is 0 Å². The van der Waals surface area contributed by atoms with Crippen molar-refractivity contribution in [2.24, 2.45) is 0 Å². The van der Waals surface area contributed by atoms with E-state index < -0.39 is 27.1 Å². The number of β-amino-alcohol motifs (C(OH)–C–C–N with tert-alkyl or cyclic N) is 1. The van der Waals surface area contributed by atoms with Crippen LogP contribution < -0.4 is 5.32 Å². The normalized spacial score (nSPS) is 20.0. The van der Waals surface area contributed by atoms with Crippen molar-refractivity contribution in [2.75, 3.05) is 18.9 Å². The molecule has 1 aliphatic rings. The van der Waals surface area contributed by atoms with Gasteiger partial charge in [0.1, 0.15) is 0 Å². The zero-order valence-electron chi connectivity index (χ0n) is 13.4. The summed E-state index contributed by atoms with van der Waals surface area (Å²) in [6.07, 6.45) is -0.923. The van der Waals surface area contributed by atoms with Gasteiger partial charge in [0, 0.05) is 31.4 Å². The number of aliphatic hydroxyl groups excluding tert-OH is 1. The molecule has 1 heterocycles. The van der Waals surface area contributed by atoms with Gasteiger partial charge in [-0.15, -0.1) is 0 Å². The molecule has 2 aromatic carbocycles. The molecule has 2 aromatic rings. The smallest absolute Gasteiger partial charge is 0.269 e. The number of nitro benzene ring substituents is 1. The third-order valence-corrected chi connectivity index (χ3v) is 6.12. The second-order valence-electron chi connectivity index (χ2n) is 5.75. The predicted molar refractivity (Wildman–Crippen MR) is 91.7 cm³/mol. The van der Waals surface area contributed by atoms with Gasteiger partial charge in [0.05, 0.1) is 22.0 Å². The monoisotopic (exact) mass is 363 g/mol. The third kappa shape index (κ3) is 3.09. The number of nitro groups is 1. The van der Waals surface area contributed by atoms with Gasteiger partial charge in [-0.25, -0.2) is 8.42 Å². The fourth-order valence-corrected chi connectivity index (χ4v) is 4.31. The maximum absolute atomic E-state index is 12.9. The van der Waals surface area contributed by atoms with Crippen molar-refractivity contribution in [1.82, 2.24) is 4.31 Å². The lowest BCUT2D eigenvalue weighted by atomic mass is 9.96. The molecule has 0 saturated carbocycles. The van der Waals surface area contributed by atoms with Gasteiger partial charge in [-0.3, -0.25) is 10.1 Å². The highest BCUT2D eigenvalue weighted by molar-refractivity contribution is 7.89. The third-order valence-electron chi connectivity index (χ3n) is 4.26. The van der Waals surface area contributed by atoms with Crippen LogP contribution in [-0.4, -0.2) is 42.4 Å². The zero-order valence-corrected chi connectivity index (χ0v) is 14.2. The zero-order chi connectivity index (χ0) is 18.2. The van der Waals surface area contributed by atoms with Gasteiger partial charge in [0.2, 0.25) is 10.0 Å². The number of likely N-dealkylation sites (N-methyl/N-ethyl adjacent to an activating group) is 1. The number of hydrogen-bond donors (Lipinski definition) is 2. The van der Waals surface area contributed by atoms with Gasteiger partial charge in [-0.2, -0.15) is 4.31 Å². The van der Waals surface area contributed by atoms with E-state index in [0.29, 0.717) is 5.56 Å². The minimum Gasteiger partial charge on any atom is -0.389 e. The van der Waals surface area contributed by atoms with Crippen LogP contribution >= 0.6 is 0 Å². The highest BCUT2D eigenvalue weighted by Crippen LogP contribution is 2.36. The van der Waals surface area contributed by atoms with Crippen LogP contribution in [0, 0.1) is 10.1 Å². The molecule has 9 heteroatoms. The second kappa shape index (κ2) is 6.43. The lowest BCUT2D eigenvalue weighted by molar-refractivity contribution is -0.384. The number of sulfonamides is 1. The van der Waals surface area contributed by atoms with Gasteiger partial charge in [0.15, 0.2) is 0 Å². The van der Waals surface area contributed by atoms with Crippen LogP contribution in [0.25, 0.3) is 0 Å². The Hall–Kier alpha value is -2.49. The van der Waals surface area contributed by atoms with Gasteiger partial charge >= 0.3 is 0 Å². The van der Waals surface area contributed by atoms with Crippen molar-refractivity contribution < 1.29 is 18.4 Å². The summed E-state index contributed by atoms with van der Waals surface area (Å²) in [7, 11) is -2.54. The number of rotatable bonds is 4. The average molecular weight is 363 g/mol. The Balaban J connectivity index is 1.99. The number of para-hydroxylation sites is 1. The number of aliphatic hydroxyl groups is 1. The molecule has 0 aromatic heterocycles. The van der Waals surface area contributed by atoms with E-state index in [1.165, 1.54) is 19.2 Å². The van der Waals surface area contributed by atoms with E-state index in [2.05, 4.69) is 5.32 Å². The second-order valence-corrected chi connectivity index (χ2v) is 7.75. The molecule has 0 amide bonds. The molecule has 2 atom stereocenters. The van der Waals surface area contributed by atoms with Crippen molar-refractivity contribution in [3.63, 3.8) is 0 Å².